The van der Waals surface area contributed by atoms with E-state index in [1.807, 2.05) is 0 Å². The fourth-order valence-corrected chi connectivity index (χ4v) is 2.40. The van der Waals surface area contributed by atoms with Crippen molar-refractivity contribution >= 4 is 11.8 Å². The number of rotatable bonds is 4. The van der Waals surface area contributed by atoms with Crippen LogP contribution in [0.3, 0.4) is 0 Å². The van der Waals surface area contributed by atoms with Gasteiger partial charge in [-0.25, -0.2) is 0 Å². The second-order valence-electron chi connectivity index (χ2n) is 5.44. The van der Waals surface area contributed by atoms with Crippen molar-refractivity contribution in [2.75, 3.05) is 6.54 Å². The molecule has 23 heavy (non-hydrogen) atoms. The molecule has 0 spiro atoms. The molecule has 2 amide bonds. The first kappa shape index (κ1) is 17.2. The smallest absolute Gasteiger partial charge is 0.354 e. The molecule has 0 bridgehead atoms. The minimum Gasteiger partial charge on any atom is -0.354 e. The van der Waals surface area contributed by atoms with E-state index >= 15 is 0 Å². The molecule has 2 rings (SSSR count). The molecular formula is C15H18F3N3O2. The van der Waals surface area contributed by atoms with Crippen molar-refractivity contribution in [3.63, 3.8) is 0 Å². The Morgan fingerprint density at radius 2 is 2.17 bits per heavy atom. The zero-order valence-electron chi connectivity index (χ0n) is 12.4. The number of alkyl halides is 3. The molecule has 1 aliphatic rings. The van der Waals surface area contributed by atoms with Crippen molar-refractivity contribution in [2.45, 2.75) is 44.3 Å². The van der Waals surface area contributed by atoms with E-state index in [2.05, 4.69) is 15.6 Å². The maximum atomic E-state index is 12.6. The molecule has 1 saturated heterocycles. The number of nitrogens with zero attached hydrogens (tertiary/aromatic N) is 1. The SMILES string of the molecule is O=C1CCCC[C@H](C(=O)NCCc2cc(C(F)(F)F)ccn2)N1. The number of nitrogens with one attached hydrogen (secondary N) is 2. The largest absolute Gasteiger partial charge is 0.416 e. The monoisotopic (exact) mass is 329 g/mol. The fraction of sp³-hybridized carbons (Fsp3) is 0.533. The van der Waals surface area contributed by atoms with Gasteiger partial charge in [-0.2, -0.15) is 13.2 Å². The number of carbonyl (C=O) groups excluding carboxylic acids is 2. The average molecular weight is 329 g/mol. The molecule has 0 aromatic carbocycles. The fourth-order valence-electron chi connectivity index (χ4n) is 2.40. The third-order valence-corrected chi connectivity index (χ3v) is 3.62. The van der Waals surface area contributed by atoms with E-state index in [-0.39, 0.29) is 30.5 Å². The minimum atomic E-state index is -4.41. The van der Waals surface area contributed by atoms with Crippen LogP contribution in [0.5, 0.6) is 0 Å². The van der Waals surface area contributed by atoms with Crippen LogP contribution in [0.2, 0.25) is 0 Å². The lowest BCUT2D eigenvalue weighted by Crippen LogP contribution is -2.46. The number of halogens is 3. The summed E-state index contributed by atoms with van der Waals surface area (Å²) >= 11 is 0. The second kappa shape index (κ2) is 7.43. The summed E-state index contributed by atoms with van der Waals surface area (Å²) in [6.45, 7) is 0.166. The number of aromatic nitrogens is 1. The van der Waals surface area contributed by atoms with Crippen LogP contribution in [0.25, 0.3) is 0 Å². The Hall–Kier alpha value is -2.12. The van der Waals surface area contributed by atoms with Crippen molar-refractivity contribution in [2.24, 2.45) is 0 Å². The maximum Gasteiger partial charge on any atom is 0.416 e. The Morgan fingerprint density at radius 3 is 2.91 bits per heavy atom. The Bertz CT molecular complexity index is 575. The summed E-state index contributed by atoms with van der Waals surface area (Å²) < 4.78 is 37.8. The molecule has 2 heterocycles. The molecule has 1 aliphatic heterocycles. The lowest BCUT2D eigenvalue weighted by Gasteiger charge is -2.15. The summed E-state index contributed by atoms with van der Waals surface area (Å²) in [6, 6.07) is 1.31. The molecule has 1 aromatic heterocycles. The molecule has 1 fully saturated rings. The Labute approximate surface area is 131 Å². The third kappa shape index (κ3) is 5.22. The van der Waals surface area contributed by atoms with Crippen LogP contribution in [-0.2, 0) is 22.2 Å². The average Bonchev–Trinajstić information content (AvgIpc) is 2.71. The Balaban J connectivity index is 1.84. The van der Waals surface area contributed by atoms with Crippen LogP contribution >= 0.6 is 0 Å². The van der Waals surface area contributed by atoms with Gasteiger partial charge in [0.15, 0.2) is 0 Å². The summed E-state index contributed by atoms with van der Waals surface area (Å²) in [4.78, 5) is 27.3. The van der Waals surface area contributed by atoms with Crippen LogP contribution in [0, 0.1) is 0 Å². The molecule has 0 aliphatic carbocycles. The van der Waals surface area contributed by atoms with Crippen molar-refractivity contribution in [3.05, 3.63) is 29.6 Å². The van der Waals surface area contributed by atoms with Gasteiger partial charge in [0, 0.05) is 31.3 Å². The molecule has 1 atom stereocenters. The van der Waals surface area contributed by atoms with Crippen molar-refractivity contribution in [1.82, 2.24) is 15.6 Å². The van der Waals surface area contributed by atoms with Crippen LogP contribution in [0.4, 0.5) is 13.2 Å². The van der Waals surface area contributed by atoms with Gasteiger partial charge < -0.3 is 10.6 Å². The normalized spacial score (nSPS) is 18.9. The van der Waals surface area contributed by atoms with Gasteiger partial charge >= 0.3 is 6.18 Å². The molecule has 0 saturated carbocycles. The van der Waals surface area contributed by atoms with Crippen LogP contribution in [-0.4, -0.2) is 29.4 Å². The van der Waals surface area contributed by atoms with E-state index in [1.54, 1.807) is 0 Å². The van der Waals surface area contributed by atoms with E-state index in [9.17, 15) is 22.8 Å². The highest BCUT2D eigenvalue weighted by atomic mass is 19.4. The van der Waals surface area contributed by atoms with Gasteiger partial charge in [0.2, 0.25) is 11.8 Å². The molecule has 0 unspecified atom stereocenters. The van der Waals surface area contributed by atoms with Gasteiger partial charge in [-0.05, 0) is 25.0 Å². The summed E-state index contributed by atoms with van der Waals surface area (Å²) in [7, 11) is 0. The van der Waals surface area contributed by atoms with E-state index in [0.29, 0.717) is 12.8 Å². The first-order chi connectivity index (χ1) is 10.9. The highest BCUT2D eigenvalue weighted by molar-refractivity contribution is 5.87. The summed E-state index contributed by atoms with van der Waals surface area (Å²) in [5, 5.41) is 5.27. The lowest BCUT2D eigenvalue weighted by molar-refractivity contribution is -0.137. The van der Waals surface area contributed by atoms with E-state index in [0.717, 1.165) is 31.2 Å². The van der Waals surface area contributed by atoms with Crippen molar-refractivity contribution in [3.8, 4) is 0 Å². The van der Waals surface area contributed by atoms with E-state index < -0.39 is 17.8 Å². The maximum absolute atomic E-state index is 12.6. The number of hydrogen-bond acceptors (Lipinski definition) is 3. The molecule has 5 nitrogen and oxygen atoms in total. The van der Waals surface area contributed by atoms with Gasteiger partial charge in [0.25, 0.3) is 0 Å². The Kier molecular flexibility index (Phi) is 5.57. The predicted octanol–water partition coefficient (Wildman–Crippen LogP) is 1.82. The van der Waals surface area contributed by atoms with Crippen molar-refractivity contribution < 1.29 is 22.8 Å². The van der Waals surface area contributed by atoms with E-state index in [1.165, 1.54) is 0 Å². The number of carbonyl (C=O) groups is 2. The Morgan fingerprint density at radius 1 is 1.39 bits per heavy atom. The second-order valence-corrected chi connectivity index (χ2v) is 5.44. The highest BCUT2D eigenvalue weighted by Gasteiger charge is 2.30. The lowest BCUT2D eigenvalue weighted by atomic mass is 10.1. The molecular weight excluding hydrogens is 311 g/mol. The number of amides is 2. The highest BCUT2D eigenvalue weighted by Crippen LogP contribution is 2.28. The minimum absolute atomic E-state index is 0.151. The summed E-state index contributed by atoms with van der Waals surface area (Å²) in [6.07, 6.45) is -0.597. The number of hydrogen-bond donors (Lipinski definition) is 2. The number of pyridine rings is 1. The topological polar surface area (TPSA) is 71.1 Å². The van der Waals surface area contributed by atoms with Gasteiger partial charge in [0.1, 0.15) is 6.04 Å². The standard InChI is InChI=1S/C15H18F3N3O2/c16-15(17,18)10-5-7-19-11(9-10)6-8-20-14(23)12-3-1-2-4-13(22)21-12/h5,7,9,12H,1-4,6,8H2,(H,20,23)(H,21,22)/t12-/m1/s1. The molecule has 8 heteroatoms. The summed E-state index contributed by atoms with van der Waals surface area (Å²) in [5.41, 5.74) is -0.505. The van der Waals surface area contributed by atoms with Gasteiger partial charge in [-0.1, -0.05) is 6.42 Å². The van der Waals surface area contributed by atoms with Crippen LogP contribution in [0.1, 0.15) is 36.9 Å². The predicted molar refractivity (Wildman–Crippen MR) is 76.4 cm³/mol. The van der Waals surface area contributed by atoms with Crippen LogP contribution in [0.15, 0.2) is 18.3 Å². The molecule has 2 N–H and O–H groups in total. The van der Waals surface area contributed by atoms with Gasteiger partial charge in [-0.15, -0.1) is 0 Å². The third-order valence-electron chi connectivity index (χ3n) is 3.62. The quantitative estimate of drug-likeness (QED) is 0.885. The van der Waals surface area contributed by atoms with Gasteiger partial charge in [0.05, 0.1) is 5.56 Å². The molecule has 1 aromatic rings. The van der Waals surface area contributed by atoms with Gasteiger partial charge in [-0.3, -0.25) is 14.6 Å². The summed E-state index contributed by atoms with van der Waals surface area (Å²) in [5.74, 6) is -0.463. The molecule has 0 radical (unpaired) electrons. The van der Waals surface area contributed by atoms with E-state index in [4.69, 9.17) is 0 Å². The van der Waals surface area contributed by atoms with Crippen molar-refractivity contribution in [1.29, 1.82) is 0 Å². The first-order valence-electron chi connectivity index (χ1n) is 7.45. The first-order valence-corrected chi connectivity index (χ1v) is 7.45. The zero-order chi connectivity index (χ0) is 16.9. The zero-order valence-corrected chi connectivity index (χ0v) is 12.4. The molecule has 126 valence electrons. The van der Waals surface area contributed by atoms with Crippen LogP contribution < -0.4 is 10.6 Å².